The minimum Gasteiger partial charge on any atom is -0.497 e. The van der Waals surface area contributed by atoms with Crippen LogP contribution in [0, 0.1) is 6.92 Å². The van der Waals surface area contributed by atoms with Crippen LogP contribution in [0.4, 0.5) is 5.69 Å². The normalized spacial score (nSPS) is 10.8. The summed E-state index contributed by atoms with van der Waals surface area (Å²) in [4.78, 5) is 12.4. The molecule has 3 aromatic rings. The van der Waals surface area contributed by atoms with E-state index in [4.69, 9.17) is 4.74 Å². The molecule has 0 unspecified atom stereocenters. The van der Waals surface area contributed by atoms with E-state index in [0.717, 1.165) is 53.7 Å². The van der Waals surface area contributed by atoms with Crippen LogP contribution in [0.1, 0.15) is 35.9 Å². The van der Waals surface area contributed by atoms with Gasteiger partial charge in [0.05, 0.1) is 12.9 Å². The molecule has 31 heavy (non-hydrogen) atoms. The van der Waals surface area contributed by atoms with Crippen molar-refractivity contribution in [2.75, 3.05) is 18.2 Å². The molecule has 2 aromatic carbocycles. The van der Waals surface area contributed by atoms with E-state index in [0.29, 0.717) is 5.75 Å². The number of aromatic nitrogens is 3. The van der Waals surface area contributed by atoms with Crippen LogP contribution >= 0.6 is 11.8 Å². The van der Waals surface area contributed by atoms with E-state index in [-0.39, 0.29) is 5.91 Å². The molecule has 1 heterocycles. The topological polar surface area (TPSA) is 69.0 Å². The Kier molecular flexibility index (Phi) is 8.12. The first-order valence-corrected chi connectivity index (χ1v) is 11.5. The van der Waals surface area contributed by atoms with E-state index < -0.39 is 0 Å². The Labute approximate surface area is 188 Å². The number of benzene rings is 2. The highest BCUT2D eigenvalue weighted by Crippen LogP contribution is 2.21. The summed E-state index contributed by atoms with van der Waals surface area (Å²) in [6, 6.07) is 14.1. The van der Waals surface area contributed by atoms with Gasteiger partial charge in [0.25, 0.3) is 0 Å². The lowest BCUT2D eigenvalue weighted by atomic mass is 10.0. The smallest absolute Gasteiger partial charge is 0.234 e. The number of rotatable bonds is 10. The molecule has 0 fully saturated rings. The molecule has 0 aliphatic heterocycles. The van der Waals surface area contributed by atoms with Crippen molar-refractivity contribution in [3.05, 3.63) is 65.0 Å². The third-order valence-electron chi connectivity index (χ3n) is 5.33. The maximum absolute atomic E-state index is 12.4. The van der Waals surface area contributed by atoms with Gasteiger partial charge in [0.15, 0.2) is 5.16 Å². The largest absolute Gasteiger partial charge is 0.497 e. The number of thioether (sulfide) groups is 1. The van der Waals surface area contributed by atoms with Crippen molar-refractivity contribution in [2.24, 2.45) is 7.05 Å². The molecule has 1 N–H and O–H groups in total. The number of nitrogens with one attached hydrogen (secondary N) is 1. The predicted molar refractivity (Wildman–Crippen MR) is 126 cm³/mol. The maximum atomic E-state index is 12.4. The molecule has 0 aliphatic rings. The highest BCUT2D eigenvalue weighted by Gasteiger charge is 2.12. The van der Waals surface area contributed by atoms with E-state index in [1.807, 2.05) is 41.9 Å². The molecule has 0 atom stereocenters. The molecule has 6 nitrogen and oxygen atoms in total. The number of methoxy groups -OCH3 is 1. The third-order valence-corrected chi connectivity index (χ3v) is 6.35. The van der Waals surface area contributed by atoms with Crippen molar-refractivity contribution in [3.63, 3.8) is 0 Å². The van der Waals surface area contributed by atoms with E-state index >= 15 is 0 Å². The number of nitrogens with zero attached hydrogens (tertiary/aromatic N) is 3. The van der Waals surface area contributed by atoms with Crippen LogP contribution in [-0.2, 0) is 31.1 Å². The minimum absolute atomic E-state index is 0.0366. The summed E-state index contributed by atoms with van der Waals surface area (Å²) in [6.45, 7) is 4.19. The van der Waals surface area contributed by atoms with Gasteiger partial charge < -0.3 is 14.6 Å². The number of ether oxygens (including phenoxy) is 1. The SMILES string of the molecule is CCc1ccccc1NC(=O)CSc1nnc(CCCc2ccc(OC)cc2C)n1C. The van der Waals surface area contributed by atoms with Crippen LogP contribution in [0.5, 0.6) is 5.75 Å². The lowest BCUT2D eigenvalue weighted by Crippen LogP contribution is -2.15. The van der Waals surface area contributed by atoms with E-state index in [1.165, 1.54) is 22.9 Å². The summed E-state index contributed by atoms with van der Waals surface area (Å²) in [5.41, 5.74) is 4.57. The summed E-state index contributed by atoms with van der Waals surface area (Å²) < 4.78 is 7.26. The minimum atomic E-state index is -0.0366. The zero-order valence-electron chi connectivity index (χ0n) is 18.6. The van der Waals surface area contributed by atoms with Crippen LogP contribution < -0.4 is 10.1 Å². The Morgan fingerprint density at radius 3 is 2.68 bits per heavy atom. The van der Waals surface area contributed by atoms with Gasteiger partial charge in [-0.3, -0.25) is 4.79 Å². The maximum Gasteiger partial charge on any atom is 0.234 e. The molecule has 7 heteroatoms. The standard InChI is InChI=1S/C24H30N4O2S/c1-5-18-9-6-7-11-21(18)25-23(29)16-31-24-27-26-22(28(24)3)12-8-10-19-13-14-20(30-4)15-17(19)2/h6-7,9,11,13-15H,5,8,10,12,16H2,1-4H3,(H,25,29). The zero-order valence-corrected chi connectivity index (χ0v) is 19.5. The van der Waals surface area contributed by atoms with Crippen LogP contribution in [0.15, 0.2) is 47.6 Å². The quantitative estimate of drug-likeness (QED) is 0.469. The zero-order chi connectivity index (χ0) is 22.2. The van der Waals surface area contributed by atoms with Gasteiger partial charge in [0.1, 0.15) is 11.6 Å². The highest BCUT2D eigenvalue weighted by molar-refractivity contribution is 7.99. The van der Waals surface area contributed by atoms with Gasteiger partial charge in [-0.1, -0.05) is 43.0 Å². The van der Waals surface area contributed by atoms with Gasteiger partial charge in [-0.25, -0.2) is 0 Å². The fourth-order valence-corrected chi connectivity index (χ4v) is 4.20. The number of anilines is 1. The molecular weight excluding hydrogens is 408 g/mol. The number of para-hydroxylation sites is 1. The fourth-order valence-electron chi connectivity index (χ4n) is 3.47. The van der Waals surface area contributed by atoms with Gasteiger partial charge >= 0.3 is 0 Å². The van der Waals surface area contributed by atoms with Gasteiger partial charge in [0, 0.05) is 19.2 Å². The lowest BCUT2D eigenvalue weighted by Gasteiger charge is -2.09. The van der Waals surface area contributed by atoms with Gasteiger partial charge in [0.2, 0.25) is 5.91 Å². The molecule has 0 spiro atoms. The van der Waals surface area contributed by atoms with Crippen molar-refractivity contribution in [3.8, 4) is 5.75 Å². The molecule has 0 bridgehead atoms. The second kappa shape index (κ2) is 11.0. The summed E-state index contributed by atoms with van der Waals surface area (Å²) in [5, 5.41) is 12.4. The predicted octanol–water partition coefficient (Wildman–Crippen LogP) is 4.60. The number of hydrogen-bond donors (Lipinski definition) is 1. The number of aryl methyl sites for hydroxylation is 4. The summed E-state index contributed by atoms with van der Waals surface area (Å²) >= 11 is 1.41. The summed E-state index contributed by atoms with van der Waals surface area (Å²) in [5.74, 6) is 2.09. The second-order valence-corrected chi connectivity index (χ2v) is 8.39. The Bertz CT molecular complexity index is 1030. The van der Waals surface area contributed by atoms with E-state index in [2.05, 4.69) is 41.5 Å². The molecular formula is C24H30N4O2S. The molecule has 0 saturated carbocycles. The number of hydrogen-bond acceptors (Lipinski definition) is 5. The third kappa shape index (κ3) is 6.10. The Morgan fingerprint density at radius 1 is 1.13 bits per heavy atom. The molecule has 164 valence electrons. The van der Waals surface area contributed by atoms with Crippen LogP contribution in [0.2, 0.25) is 0 Å². The van der Waals surface area contributed by atoms with Crippen molar-refractivity contribution in [1.29, 1.82) is 0 Å². The first-order valence-electron chi connectivity index (χ1n) is 10.5. The van der Waals surface area contributed by atoms with Crippen molar-refractivity contribution < 1.29 is 9.53 Å². The Hall–Kier alpha value is -2.80. The van der Waals surface area contributed by atoms with Gasteiger partial charge in [-0.05, 0) is 61.1 Å². The van der Waals surface area contributed by atoms with Gasteiger partial charge in [-0.15, -0.1) is 10.2 Å². The first kappa shape index (κ1) is 22.9. The second-order valence-electron chi connectivity index (χ2n) is 7.45. The van der Waals surface area contributed by atoms with Crippen LogP contribution in [0.3, 0.4) is 0 Å². The van der Waals surface area contributed by atoms with E-state index in [9.17, 15) is 4.79 Å². The van der Waals surface area contributed by atoms with Gasteiger partial charge in [-0.2, -0.15) is 0 Å². The lowest BCUT2D eigenvalue weighted by molar-refractivity contribution is -0.113. The Morgan fingerprint density at radius 2 is 1.94 bits per heavy atom. The molecule has 0 saturated heterocycles. The number of carbonyl (C=O) groups is 1. The highest BCUT2D eigenvalue weighted by atomic mass is 32.2. The fraction of sp³-hybridized carbons (Fsp3) is 0.375. The van der Waals surface area contributed by atoms with E-state index in [1.54, 1.807) is 7.11 Å². The summed E-state index contributed by atoms with van der Waals surface area (Å²) in [7, 11) is 3.65. The van der Waals surface area contributed by atoms with Crippen LogP contribution in [0.25, 0.3) is 0 Å². The molecule has 0 radical (unpaired) electrons. The molecule has 0 aliphatic carbocycles. The first-order chi connectivity index (χ1) is 15.0. The molecule has 1 amide bonds. The van der Waals surface area contributed by atoms with Crippen molar-refractivity contribution in [1.82, 2.24) is 14.8 Å². The average Bonchev–Trinajstić information content (AvgIpc) is 3.13. The average molecular weight is 439 g/mol. The monoisotopic (exact) mass is 438 g/mol. The Balaban J connectivity index is 1.50. The molecule has 3 rings (SSSR count). The number of amides is 1. The number of carbonyl (C=O) groups excluding carboxylic acids is 1. The van der Waals surface area contributed by atoms with Crippen LogP contribution in [-0.4, -0.2) is 33.5 Å². The van der Waals surface area contributed by atoms with Crippen molar-refractivity contribution in [2.45, 2.75) is 44.7 Å². The molecule has 1 aromatic heterocycles. The summed E-state index contributed by atoms with van der Waals surface area (Å²) in [6.07, 6.45) is 3.68. The van der Waals surface area contributed by atoms with Crippen molar-refractivity contribution >= 4 is 23.4 Å².